The fourth-order valence-electron chi connectivity index (χ4n) is 2.60. The highest BCUT2D eigenvalue weighted by Crippen LogP contribution is 2.15. The van der Waals surface area contributed by atoms with Crippen LogP contribution in [-0.2, 0) is 6.67 Å². The lowest BCUT2D eigenvalue weighted by Crippen LogP contribution is -3.12. The third-order valence-corrected chi connectivity index (χ3v) is 3.82. The Bertz CT molecular complexity index is 566. The molecule has 0 atom stereocenters. The molecule has 1 saturated heterocycles. The molecule has 4 heteroatoms. The lowest BCUT2D eigenvalue weighted by atomic mass is 10.1. The molecular weight excluding hydrogens is 232 g/mol. The highest BCUT2D eigenvalue weighted by Gasteiger charge is 2.16. The summed E-state index contributed by atoms with van der Waals surface area (Å²) in [5.41, 5.74) is 2.02. The molecule has 90 valence electrons. The minimum absolute atomic E-state index is 0.601. The van der Waals surface area contributed by atoms with Crippen LogP contribution in [0, 0.1) is 4.84 Å². The number of benzene rings is 1. The van der Waals surface area contributed by atoms with Crippen molar-refractivity contribution in [3.8, 4) is 0 Å². The van der Waals surface area contributed by atoms with E-state index in [0.29, 0.717) is 4.84 Å². The first-order chi connectivity index (χ1) is 8.34. The van der Waals surface area contributed by atoms with Gasteiger partial charge in [0, 0.05) is 0 Å². The van der Waals surface area contributed by atoms with Crippen molar-refractivity contribution >= 4 is 23.3 Å². The second-order valence-corrected chi connectivity index (χ2v) is 5.08. The van der Waals surface area contributed by atoms with Gasteiger partial charge in [0.25, 0.3) is 4.84 Å². The summed E-state index contributed by atoms with van der Waals surface area (Å²) in [7, 11) is 0. The first-order valence-electron chi connectivity index (χ1n) is 6.26. The Morgan fingerprint density at radius 2 is 1.94 bits per heavy atom. The number of piperidine rings is 1. The summed E-state index contributed by atoms with van der Waals surface area (Å²) in [5, 5.41) is 0. The second-order valence-electron chi connectivity index (χ2n) is 4.73. The first-order valence-corrected chi connectivity index (χ1v) is 6.67. The van der Waals surface area contributed by atoms with Gasteiger partial charge in [-0.2, -0.15) is 0 Å². The van der Waals surface area contributed by atoms with Gasteiger partial charge < -0.3 is 9.32 Å². The van der Waals surface area contributed by atoms with Gasteiger partial charge in [-0.05, 0) is 43.6 Å². The minimum Gasteiger partial charge on any atom is -0.429 e. The summed E-state index contributed by atoms with van der Waals surface area (Å²) in [6, 6.07) is 8.08. The van der Waals surface area contributed by atoms with Crippen LogP contribution >= 0.6 is 12.2 Å². The largest absolute Gasteiger partial charge is 0.429 e. The topological polar surface area (TPSA) is 22.5 Å². The van der Waals surface area contributed by atoms with Crippen LogP contribution in [0.25, 0.3) is 11.1 Å². The molecule has 0 spiro atoms. The predicted octanol–water partition coefficient (Wildman–Crippen LogP) is 1.99. The Labute approximate surface area is 106 Å². The molecule has 1 fully saturated rings. The van der Waals surface area contributed by atoms with Crippen LogP contribution in [-0.4, -0.2) is 17.7 Å². The highest BCUT2D eigenvalue weighted by atomic mass is 32.1. The molecule has 0 radical (unpaired) electrons. The summed E-state index contributed by atoms with van der Waals surface area (Å²) < 4.78 is 7.74. The van der Waals surface area contributed by atoms with Crippen LogP contribution in [0.15, 0.2) is 28.7 Å². The number of hydrogen-bond acceptors (Lipinski definition) is 2. The number of para-hydroxylation sites is 2. The van der Waals surface area contributed by atoms with Gasteiger partial charge in [-0.3, -0.25) is 4.57 Å². The lowest BCUT2D eigenvalue weighted by Gasteiger charge is -2.23. The Kier molecular flexibility index (Phi) is 2.99. The molecule has 1 aromatic carbocycles. The van der Waals surface area contributed by atoms with E-state index in [1.54, 1.807) is 4.90 Å². The fourth-order valence-corrected chi connectivity index (χ4v) is 2.85. The van der Waals surface area contributed by atoms with Crippen LogP contribution in [0.2, 0.25) is 0 Å². The standard InChI is InChI=1S/C13H16N2OS/c17-13-15(10-14-8-4-1-5-9-14)11-6-2-3-7-12(11)16-13/h2-3,6-7H,1,4-5,8-10H2/p+1. The smallest absolute Gasteiger partial charge is 0.274 e. The number of quaternary nitrogens is 1. The monoisotopic (exact) mass is 249 g/mol. The van der Waals surface area contributed by atoms with E-state index in [9.17, 15) is 0 Å². The molecule has 3 rings (SSSR count). The van der Waals surface area contributed by atoms with Crippen molar-refractivity contribution in [2.75, 3.05) is 13.1 Å². The van der Waals surface area contributed by atoms with Crippen LogP contribution in [0.1, 0.15) is 19.3 Å². The third-order valence-electron chi connectivity index (χ3n) is 3.52. The van der Waals surface area contributed by atoms with E-state index in [4.69, 9.17) is 16.6 Å². The van der Waals surface area contributed by atoms with Crippen molar-refractivity contribution in [2.45, 2.75) is 25.9 Å². The lowest BCUT2D eigenvalue weighted by molar-refractivity contribution is -0.927. The number of hydrogen-bond donors (Lipinski definition) is 1. The molecule has 0 saturated carbocycles. The third kappa shape index (κ3) is 2.15. The number of oxazole rings is 1. The van der Waals surface area contributed by atoms with Gasteiger partial charge in [0.15, 0.2) is 12.3 Å². The van der Waals surface area contributed by atoms with E-state index in [2.05, 4.69) is 10.6 Å². The zero-order chi connectivity index (χ0) is 11.7. The molecule has 17 heavy (non-hydrogen) atoms. The zero-order valence-corrected chi connectivity index (χ0v) is 10.6. The molecule has 1 aliphatic rings. The number of aromatic nitrogens is 1. The van der Waals surface area contributed by atoms with Gasteiger partial charge in [0.05, 0.1) is 18.6 Å². The summed E-state index contributed by atoms with van der Waals surface area (Å²) in [5.74, 6) is 0. The molecule has 1 aromatic heterocycles. The number of nitrogens with zero attached hydrogens (tertiary/aromatic N) is 1. The summed E-state index contributed by atoms with van der Waals surface area (Å²) in [6.07, 6.45) is 4.04. The Hall–Kier alpha value is -1.13. The van der Waals surface area contributed by atoms with E-state index in [1.807, 2.05) is 18.2 Å². The average Bonchev–Trinajstić information content (AvgIpc) is 2.68. The van der Waals surface area contributed by atoms with Crippen LogP contribution < -0.4 is 4.90 Å². The molecule has 1 aliphatic heterocycles. The average molecular weight is 249 g/mol. The molecule has 3 nitrogen and oxygen atoms in total. The van der Waals surface area contributed by atoms with E-state index in [-0.39, 0.29) is 0 Å². The van der Waals surface area contributed by atoms with Crippen molar-refractivity contribution in [1.82, 2.24) is 4.57 Å². The van der Waals surface area contributed by atoms with Crippen LogP contribution in [0.3, 0.4) is 0 Å². The number of rotatable bonds is 2. The number of nitrogens with one attached hydrogen (secondary N) is 1. The fraction of sp³-hybridized carbons (Fsp3) is 0.462. The molecular formula is C13H17N2OS+. The van der Waals surface area contributed by atoms with Gasteiger partial charge in [-0.15, -0.1) is 0 Å². The molecule has 2 heterocycles. The van der Waals surface area contributed by atoms with Crippen molar-refractivity contribution in [3.63, 3.8) is 0 Å². The summed E-state index contributed by atoms with van der Waals surface area (Å²) >= 11 is 5.30. The number of fused-ring (bicyclic) bond motifs is 1. The molecule has 0 bridgehead atoms. The summed E-state index contributed by atoms with van der Waals surface area (Å²) in [6.45, 7) is 3.44. The summed E-state index contributed by atoms with van der Waals surface area (Å²) in [4.78, 5) is 2.21. The number of likely N-dealkylation sites (tertiary alicyclic amines) is 1. The quantitative estimate of drug-likeness (QED) is 0.822. The Morgan fingerprint density at radius 1 is 1.18 bits per heavy atom. The van der Waals surface area contributed by atoms with Crippen molar-refractivity contribution < 1.29 is 9.32 Å². The van der Waals surface area contributed by atoms with Crippen LogP contribution in [0.5, 0.6) is 0 Å². The van der Waals surface area contributed by atoms with E-state index in [1.165, 1.54) is 32.4 Å². The maximum absolute atomic E-state index is 5.61. The van der Waals surface area contributed by atoms with Crippen LogP contribution in [0.4, 0.5) is 0 Å². The van der Waals surface area contributed by atoms with E-state index < -0.39 is 0 Å². The maximum Gasteiger partial charge on any atom is 0.274 e. The molecule has 0 aliphatic carbocycles. The molecule has 0 amide bonds. The molecule has 0 unspecified atom stereocenters. The molecule has 1 N–H and O–H groups in total. The predicted molar refractivity (Wildman–Crippen MR) is 69.6 cm³/mol. The van der Waals surface area contributed by atoms with Gasteiger partial charge in [-0.25, -0.2) is 0 Å². The second kappa shape index (κ2) is 4.63. The van der Waals surface area contributed by atoms with Crippen molar-refractivity contribution in [2.24, 2.45) is 0 Å². The van der Waals surface area contributed by atoms with Gasteiger partial charge >= 0.3 is 0 Å². The Morgan fingerprint density at radius 3 is 2.76 bits per heavy atom. The minimum atomic E-state index is 0.601. The Balaban J connectivity index is 1.93. The highest BCUT2D eigenvalue weighted by molar-refractivity contribution is 7.71. The van der Waals surface area contributed by atoms with E-state index >= 15 is 0 Å². The van der Waals surface area contributed by atoms with E-state index in [0.717, 1.165) is 17.8 Å². The maximum atomic E-state index is 5.61. The van der Waals surface area contributed by atoms with Crippen molar-refractivity contribution in [1.29, 1.82) is 0 Å². The first kappa shape index (κ1) is 11.0. The van der Waals surface area contributed by atoms with Crippen molar-refractivity contribution in [3.05, 3.63) is 29.1 Å². The normalized spacial score (nSPS) is 17.6. The zero-order valence-electron chi connectivity index (χ0n) is 9.82. The van der Waals surface area contributed by atoms with Gasteiger partial charge in [-0.1, -0.05) is 12.1 Å². The SMILES string of the molecule is S=c1oc2ccccc2n1C[NH+]1CCCCC1. The van der Waals surface area contributed by atoms with Gasteiger partial charge in [0.1, 0.15) is 0 Å². The molecule has 2 aromatic rings. The van der Waals surface area contributed by atoms with Gasteiger partial charge in [0.2, 0.25) is 0 Å².